The van der Waals surface area contributed by atoms with E-state index in [0.29, 0.717) is 13.1 Å². The van der Waals surface area contributed by atoms with Crippen molar-refractivity contribution in [2.45, 2.75) is 39.0 Å². The van der Waals surface area contributed by atoms with E-state index in [1.165, 1.54) is 0 Å². The van der Waals surface area contributed by atoms with Crippen molar-refractivity contribution in [1.29, 1.82) is 0 Å². The summed E-state index contributed by atoms with van der Waals surface area (Å²) in [7, 11) is -1.41. The minimum Gasteiger partial charge on any atom is -0.427 e. The van der Waals surface area contributed by atoms with Crippen molar-refractivity contribution in [2.24, 2.45) is 0 Å². The quantitative estimate of drug-likeness (QED) is 0.219. The van der Waals surface area contributed by atoms with E-state index in [1.807, 2.05) is 82.6 Å². The summed E-state index contributed by atoms with van der Waals surface area (Å²) in [6.45, 7) is 6.85. The van der Waals surface area contributed by atoms with Gasteiger partial charge in [-0.05, 0) is 23.3 Å². The van der Waals surface area contributed by atoms with Crippen LogP contribution >= 0.6 is 8.53 Å². The van der Waals surface area contributed by atoms with Crippen molar-refractivity contribution >= 4 is 14.6 Å². The number of urea groups is 1. The lowest BCUT2D eigenvalue weighted by molar-refractivity contribution is 0.180. The molecule has 1 fully saturated rings. The van der Waals surface area contributed by atoms with Gasteiger partial charge in [0.1, 0.15) is 11.5 Å². The average Bonchev–Trinajstić information content (AvgIpc) is 3.27. The van der Waals surface area contributed by atoms with Gasteiger partial charge >= 0.3 is 14.6 Å². The van der Waals surface area contributed by atoms with Gasteiger partial charge in [0, 0.05) is 37.3 Å². The Labute approximate surface area is 237 Å². The molecule has 6 nitrogen and oxygen atoms in total. The van der Waals surface area contributed by atoms with Crippen LogP contribution in [0.2, 0.25) is 0 Å². The van der Waals surface area contributed by atoms with Gasteiger partial charge in [-0.1, -0.05) is 111 Å². The van der Waals surface area contributed by atoms with Crippen LogP contribution in [-0.4, -0.2) is 33.6 Å². The predicted molar refractivity (Wildman–Crippen MR) is 159 cm³/mol. The second kappa shape index (κ2) is 11.7. The Kier molecular flexibility index (Phi) is 7.72. The fourth-order valence-corrected chi connectivity index (χ4v) is 7.08. The molecule has 7 heteroatoms. The molecule has 0 unspecified atom stereocenters. The molecule has 2 atom stereocenters. The van der Waals surface area contributed by atoms with E-state index in [4.69, 9.17) is 9.05 Å². The topological polar surface area (TPSA) is 45.3 Å². The third-order valence-electron chi connectivity index (χ3n) is 7.64. The molecule has 40 heavy (non-hydrogen) atoms. The molecule has 0 saturated carbocycles. The molecule has 0 bridgehead atoms. The number of carbonyl (C=O) groups is 1. The average molecular weight is 552 g/mol. The zero-order valence-electron chi connectivity index (χ0n) is 22.9. The highest BCUT2D eigenvalue weighted by Crippen LogP contribution is 2.56. The molecule has 2 heterocycles. The number of hydrogen-bond donors (Lipinski definition) is 0. The molecule has 4 aromatic carbocycles. The maximum absolute atomic E-state index is 14.4. The molecular formula is C33H34N3O3P. The van der Waals surface area contributed by atoms with Crippen LogP contribution in [0.5, 0.6) is 11.5 Å². The number of para-hydroxylation sites is 2. The molecule has 2 aliphatic heterocycles. The zero-order chi connectivity index (χ0) is 27.5. The molecule has 2 aliphatic rings. The predicted octanol–water partition coefficient (Wildman–Crippen LogP) is 7.95. The fraction of sp³-hybridized carbons (Fsp3) is 0.242. The van der Waals surface area contributed by atoms with Crippen LogP contribution in [0.25, 0.3) is 0 Å². The molecule has 2 amide bonds. The minimum atomic E-state index is -1.41. The Morgan fingerprint density at radius 1 is 0.625 bits per heavy atom. The number of rotatable bonds is 7. The van der Waals surface area contributed by atoms with Crippen LogP contribution in [0, 0.1) is 0 Å². The highest BCUT2D eigenvalue weighted by atomic mass is 31.2. The summed E-state index contributed by atoms with van der Waals surface area (Å²) < 4.78 is 15.7. The van der Waals surface area contributed by atoms with Gasteiger partial charge in [-0.2, -0.15) is 0 Å². The van der Waals surface area contributed by atoms with Crippen LogP contribution in [-0.2, 0) is 13.1 Å². The molecule has 6 rings (SSSR count). The lowest BCUT2D eigenvalue weighted by Gasteiger charge is -2.29. The van der Waals surface area contributed by atoms with Crippen LogP contribution in [0.1, 0.15) is 48.2 Å². The Bertz CT molecular complexity index is 1340. The molecule has 0 aliphatic carbocycles. The summed E-state index contributed by atoms with van der Waals surface area (Å²) in [5.41, 5.74) is 4.16. The molecule has 1 saturated heterocycles. The Morgan fingerprint density at radius 2 is 1.02 bits per heavy atom. The van der Waals surface area contributed by atoms with Gasteiger partial charge in [-0.15, -0.1) is 0 Å². The van der Waals surface area contributed by atoms with Crippen molar-refractivity contribution in [1.82, 2.24) is 14.5 Å². The van der Waals surface area contributed by atoms with E-state index in [-0.39, 0.29) is 18.1 Å². The summed E-state index contributed by atoms with van der Waals surface area (Å²) in [6, 6.07) is 36.2. The first-order valence-electron chi connectivity index (χ1n) is 13.9. The summed E-state index contributed by atoms with van der Waals surface area (Å²) in [4.78, 5) is 18.5. The van der Waals surface area contributed by atoms with E-state index in [2.05, 4.69) is 54.9 Å². The SMILES string of the molecule is CCN(CC)P1Oc2ccccc2[C@@H]2[C@@H](c3ccccc3O1)N(Cc1ccccc1)C(=O)N2Cc1ccccc1. The molecule has 0 spiro atoms. The van der Waals surface area contributed by atoms with Crippen molar-refractivity contribution in [3.8, 4) is 11.5 Å². The summed E-state index contributed by atoms with van der Waals surface area (Å²) >= 11 is 0. The van der Waals surface area contributed by atoms with Gasteiger partial charge in [-0.25, -0.2) is 9.46 Å². The first-order chi connectivity index (χ1) is 19.7. The second-order valence-electron chi connectivity index (χ2n) is 10.0. The van der Waals surface area contributed by atoms with Gasteiger partial charge < -0.3 is 18.8 Å². The van der Waals surface area contributed by atoms with E-state index in [1.54, 1.807) is 0 Å². The molecule has 0 N–H and O–H groups in total. The van der Waals surface area contributed by atoms with Crippen molar-refractivity contribution in [2.75, 3.05) is 13.1 Å². The Balaban J connectivity index is 1.55. The number of carbonyl (C=O) groups excluding carboxylic acids is 1. The Morgan fingerprint density at radius 3 is 1.45 bits per heavy atom. The van der Waals surface area contributed by atoms with Crippen molar-refractivity contribution in [3.05, 3.63) is 131 Å². The third-order valence-corrected chi connectivity index (χ3v) is 9.38. The lowest BCUT2D eigenvalue weighted by Crippen LogP contribution is -2.32. The molecule has 4 aromatic rings. The highest BCUT2D eigenvalue weighted by Gasteiger charge is 2.50. The summed E-state index contributed by atoms with van der Waals surface area (Å²) in [5, 5.41) is 0. The van der Waals surface area contributed by atoms with Gasteiger partial charge in [0.15, 0.2) is 0 Å². The number of nitrogens with zero attached hydrogens (tertiary/aromatic N) is 3. The van der Waals surface area contributed by atoms with Gasteiger partial charge in [0.05, 0.1) is 12.1 Å². The summed E-state index contributed by atoms with van der Waals surface area (Å²) in [6.07, 6.45) is 0. The molecule has 0 aromatic heterocycles. The largest absolute Gasteiger partial charge is 0.427 e. The van der Waals surface area contributed by atoms with Crippen LogP contribution in [0.3, 0.4) is 0 Å². The molecule has 204 valence electrons. The van der Waals surface area contributed by atoms with Crippen LogP contribution in [0.15, 0.2) is 109 Å². The number of hydrogen-bond acceptors (Lipinski definition) is 4. The number of benzene rings is 4. The normalized spacial score (nSPS) is 18.6. The van der Waals surface area contributed by atoms with Gasteiger partial charge in [0.25, 0.3) is 0 Å². The highest BCUT2D eigenvalue weighted by molar-refractivity contribution is 7.45. The van der Waals surface area contributed by atoms with E-state index < -0.39 is 8.53 Å². The maximum Gasteiger partial charge on any atom is 0.384 e. The number of amides is 2. The first-order valence-corrected chi connectivity index (χ1v) is 15.0. The Hall–Kier alpha value is -3.86. The summed E-state index contributed by atoms with van der Waals surface area (Å²) in [5.74, 6) is 1.52. The van der Waals surface area contributed by atoms with E-state index in [0.717, 1.165) is 46.8 Å². The van der Waals surface area contributed by atoms with Crippen molar-refractivity contribution in [3.63, 3.8) is 0 Å². The van der Waals surface area contributed by atoms with E-state index >= 15 is 0 Å². The first kappa shape index (κ1) is 26.4. The third kappa shape index (κ3) is 5.05. The zero-order valence-corrected chi connectivity index (χ0v) is 23.8. The standard InChI is InChI=1S/C33H34N3O3P/c1-3-34(4-2)40-38-29-21-13-11-19-27(29)31-32(28-20-12-14-22-30(28)39-40)36(24-26-17-9-6-10-18-26)33(37)35(31)23-25-15-7-5-8-16-25/h5-22,31-32H,3-4,23-24H2,1-2H3/t31-,32-/m1/s1. The maximum atomic E-state index is 14.4. The van der Waals surface area contributed by atoms with Crippen LogP contribution < -0.4 is 9.05 Å². The fourth-order valence-electron chi connectivity index (χ4n) is 5.68. The van der Waals surface area contributed by atoms with Crippen molar-refractivity contribution < 1.29 is 13.8 Å². The smallest absolute Gasteiger partial charge is 0.384 e. The monoisotopic (exact) mass is 551 g/mol. The lowest BCUT2D eigenvalue weighted by atomic mass is 9.91. The molecular weight excluding hydrogens is 517 g/mol. The molecule has 0 radical (unpaired) electrons. The second-order valence-corrected chi connectivity index (χ2v) is 11.4. The van der Waals surface area contributed by atoms with Gasteiger partial charge in [-0.3, -0.25) is 0 Å². The minimum absolute atomic E-state index is 0.00103. The number of fused-ring (bicyclic) bond motifs is 5. The van der Waals surface area contributed by atoms with Gasteiger partial charge in [0.2, 0.25) is 0 Å². The van der Waals surface area contributed by atoms with E-state index in [9.17, 15) is 4.79 Å². The van der Waals surface area contributed by atoms with Crippen LogP contribution in [0.4, 0.5) is 4.79 Å².